The lowest BCUT2D eigenvalue weighted by Crippen LogP contribution is -2.55. The summed E-state index contributed by atoms with van der Waals surface area (Å²) < 4.78 is 29.0. The van der Waals surface area contributed by atoms with Crippen molar-refractivity contribution in [2.45, 2.75) is 36.7 Å². The first kappa shape index (κ1) is 20.8. The molecule has 0 aromatic heterocycles. The summed E-state index contributed by atoms with van der Waals surface area (Å²) in [6.45, 7) is 2.70. The van der Waals surface area contributed by atoms with Crippen molar-refractivity contribution in [1.82, 2.24) is 10.0 Å². The molecule has 1 saturated heterocycles. The molecule has 0 saturated carbocycles. The minimum Gasteiger partial charge on any atom is -0.300 e. The minimum absolute atomic E-state index is 0.145. The van der Waals surface area contributed by atoms with E-state index in [-0.39, 0.29) is 12.1 Å². The summed E-state index contributed by atoms with van der Waals surface area (Å²) in [7, 11) is -3.60. The van der Waals surface area contributed by atoms with Gasteiger partial charge in [-0.05, 0) is 54.9 Å². The van der Waals surface area contributed by atoms with E-state index >= 15 is 0 Å². The zero-order chi connectivity index (χ0) is 21.0. The molecule has 1 heterocycles. The molecule has 3 aromatic rings. The van der Waals surface area contributed by atoms with Crippen LogP contribution in [0.25, 0.3) is 0 Å². The monoisotopic (exact) mass is 420 g/mol. The fourth-order valence-electron chi connectivity index (χ4n) is 4.21. The van der Waals surface area contributed by atoms with E-state index in [4.69, 9.17) is 0 Å². The number of piperidine rings is 1. The predicted molar refractivity (Wildman–Crippen MR) is 121 cm³/mol. The lowest BCUT2D eigenvalue weighted by Gasteiger charge is -2.38. The summed E-state index contributed by atoms with van der Waals surface area (Å²) >= 11 is 0. The van der Waals surface area contributed by atoms with Gasteiger partial charge in [-0.15, -0.1) is 0 Å². The second kappa shape index (κ2) is 9.13. The second-order valence-electron chi connectivity index (χ2n) is 8.11. The molecule has 2 N–H and O–H groups in total. The smallest absolute Gasteiger partial charge is 0.241 e. The van der Waals surface area contributed by atoms with E-state index in [1.54, 1.807) is 12.1 Å². The van der Waals surface area contributed by atoms with E-state index in [0.717, 1.165) is 24.9 Å². The fourth-order valence-corrected chi connectivity index (χ4v) is 5.45. The van der Waals surface area contributed by atoms with Crippen molar-refractivity contribution in [3.05, 3.63) is 102 Å². The minimum atomic E-state index is -3.60. The average molecular weight is 421 g/mol. The Hall–Kier alpha value is -2.47. The van der Waals surface area contributed by atoms with Crippen molar-refractivity contribution in [2.75, 3.05) is 6.54 Å². The Bertz CT molecular complexity index is 1050. The number of nitrogens with one attached hydrogen (secondary N) is 2. The van der Waals surface area contributed by atoms with Crippen LogP contribution < -0.4 is 10.0 Å². The van der Waals surface area contributed by atoms with Gasteiger partial charge in [-0.2, -0.15) is 4.72 Å². The van der Waals surface area contributed by atoms with Gasteiger partial charge in [0.15, 0.2) is 0 Å². The molecule has 4 rings (SSSR count). The van der Waals surface area contributed by atoms with Crippen LogP contribution in [0.15, 0.2) is 89.8 Å². The number of hydrogen-bond acceptors (Lipinski definition) is 3. The van der Waals surface area contributed by atoms with Crippen LogP contribution in [0.2, 0.25) is 0 Å². The second-order valence-corrected chi connectivity index (χ2v) is 9.83. The van der Waals surface area contributed by atoms with Crippen molar-refractivity contribution < 1.29 is 8.42 Å². The zero-order valence-electron chi connectivity index (χ0n) is 17.2. The summed E-state index contributed by atoms with van der Waals surface area (Å²) in [6, 6.07) is 27.7. The van der Waals surface area contributed by atoms with Gasteiger partial charge in [0.25, 0.3) is 0 Å². The average Bonchev–Trinajstić information content (AvgIpc) is 2.76. The van der Waals surface area contributed by atoms with Crippen LogP contribution in [-0.2, 0) is 16.4 Å². The maximum atomic E-state index is 13.0. The number of sulfonamides is 1. The maximum Gasteiger partial charge on any atom is 0.241 e. The van der Waals surface area contributed by atoms with Gasteiger partial charge >= 0.3 is 0 Å². The molecular weight excluding hydrogens is 392 g/mol. The van der Waals surface area contributed by atoms with Crippen LogP contribution in [0, 0.1) is 12.8 Å². The van der Waals surface area contributed by atoms with Crippen molar-refractivity contribution in [2.24, 2.45) is 5.92 Å². The number of rotatable bonds is 6. The van der Waals surface area contributed by atoms with Crippen molar-refractivity contribution in [3.8, 4) is 0 Å². The molecule has 0 spiro atoms. The molecule has 1 aliphatic rings. The molecular formula is C25H28N2O2S. The third-order valence-electron chi connectivity index (χ3n) is 5.87. The van der Waals surface area contributed by atoms with Crippen LogP contribution in [0.5, 0.6) is 0 Å². The Kier molecular flexibility index (Phi) is 6.32. The van der Waals surface area contributed by atoms with E-state index in [0.29, 0.717) is 10.8 Å². The van der Waals surface area contributed by atoms with Crippen LogP contribution in [0.4, 0.5) is 0 Å². The molecule has 0 radical (unpaired) electrons. The SMILES string of the molecule is Cc1ccc(S(=O)(=O)NC2NCC(c3ccccc3)CC2Cc2ccccc2)cc1. The van der Waals surface area contributed by atoms with E-state index in [9.17, 15) is 8.42 Å². The van der Waals surface area contributed by atoms with Crippen LogP contribution in [0.1, 0.15) is 29.0 Å². The molecule has 3 atom stereocenters. The molecule has 156 valence electrons. The molecule has 1 fully saturated rings. The molecule has 3 aromatic carbocycles. The topological polar surface area (TPSA) is 58.2 Å². The van der Waals surface area contributed by atoms with Gasteiger partial charge in [-0.3, -0.25) is 0 Å². The zero-order valence-corrected chi connectivity index (χ0v) is 18.0. The first-order chi connectivity index (χ1) is 14.5. The Morgan fingerprint density at radius 3 is 2.20 bits per heavy atom. The van der Waals surface area contributed by atoms with E-state index < -0.39 is 10.0 Å². The van der Waals surface area contributed by atoms with Crippen molar-refractivity contribution >= 4 is 10.0 Å². The lowest BCUT2D eigenvalue weighted by molar-refractivity contribution is 0.242. The van der Waals surface area contributed by atoms with E-state index in [1.165, 1.54) is 11.1 Å². The Morgan fingerprint density at radius 2 is 1.53 bits per heavy atom. The maximum absolute atomic E-state index is 13.0. The summed E-state index contributed by atoms with van der Waals surface area (Å²) in [5.41, 5.74) is 3.55. The van der Waals surface area contributed by atoms with Gasteiger partial charge in [0, 0.05) is 6.54 Å². The lowest BCUT2D eigenvalue weighted by atomic mass is 9.81. The van der Waals surface area contributed by atoms with Gasteiger partial charge in [0.05, 0.1) is 11.1 Å². The van der Waals surface area contributed by atoms with Crippen LogP contribution >= 0.6 is 0 Å². The van der Waals surface area contributed by atoms with Gasteiger partial charge in [-0.1, -0.05) is 78.4 Å². The van der Waals surface area contributed by atoms with Crippen molar-refractivity contribution in [1.29, 1.82) is 0 Å². The standard InChI is InChI=1S/C25H28N2O2S/c1-19-12-14-24(15-13-19)30(28,29)27-25-22(16-20-8-4-2-5-9-20)17-23(18-26-25)21-10-6-3-7-11-21/h2-15,22-23,25-27H,16-18H2,1H3. The highest BCUT2D eigenvalue weighted by Gasteiger charge is 2.33. The normalized spacial score (nSPS) is 22.0. The van der Waals surface area contributed by atoms with Gasteiger partial charge in [0.2, 0.25) is 10.0 Å². The molecule has 0 amide bonds. The summed E-state index contributed by atoms with van der Waals surface area (Å²) in [5, 5.41) is 3.48. The molecule has 5 heteroatoms. The predicted octanol–water partition coefficient (Wildman–Crippen LogP) is 4.24. The van der Waals surface area contributed by atoms with Gasteiger partial charge < -0.3 is 5.32 Å². The number of hydrogen-bond donors (Lipinski definition) is 2. The Morgan fingerprint density at radius 1 is 0.900 bits per heavy atom. The Labute approximate surface area is 179 Å². The van der Waals surface area contributed by atoms with E-state index in [2.05, 4.69) is 46.4 Å². The third-order valence-corrected chi connectivity index (χ3v) is 7.32. The van der Waals surface area contributed by atoms with Gasteiger partial charge in [0.1, 0.15) is 0 Å². The summed E-state index contributed by atoms with van der Waals surface area (Å²) in [6.07, 6.45) is 1.43. The van der Waals surface area contributed by atoms with Gasteiger partial charge in [-0.25, -0.2) is 8.42 Å². The number of aryl methyl sites for hydroxylation is 1. The summed E-state index contributed by atoms with van der Waals surface area (Å²) in [4.78, 5) is 0.304. The molecule has 4 nitrogen and oxygen atoms in total. The molecule has 0 bridgehead atoms. The largest absolute Gasteiger partial charge is 0.300 e. The highest BCUT2D eigenvalue weighted by atomic mass is 32.2. The first-order valence-electron chi connectivity index (χ1n) is 10.4. The van der Waals surface area contributed by atoms with E-state index in [1.807, 2.05) is 43.3 Å². The summed E-state index contributed by atoms with van der Waals surface area (Å²) in [5.74, 6) is 0.506. The van der Waals surface area contributed by atoms with Crippen LogP contribution in [-0.4, -0.2) is 21.1 Å². The van der Waals surface area contributed by atoms with Crippen LogP contribution in [0.3, 0.4) is 0 Å². The fraction of sp³-hybridized carbons (Fsp3) is 0.280. The first-order valence-corrected chi connectivity index (χ1v) is 11.9. The molecule has 1 aliphatic heterocycles. The number of benzene rings is 3. The van der Waals surface area contributed by atoms with Crippen molar-refractivity contribution in [3.63, 3.8) is 0 Å². The third kappa shape index (κ3) is 4.98. The quantitative estimate of drug-likeness (QED) is 0.627. The Balaban J connectivity index is 1.56. The molecule has 30 heavy (non-hydrogen) atoms. The molecule has 0 aliphatic carbocycles. The highest BCUT2D eigenvalue weighted by molar-refractivity contribution is 7.89. The molecule has 3 unspecified atom stereocenters. The highest BCUT2D eigenvalue weighted by Crippen LogP contribution is 2.31.